The van der Waals surface area contributed by atoms with Crippen LogP contribution in [0.15, 0.2) is 0 Å². The Labute approximate surface area is 335 Å². The van der Waals surface area contributed by atoms with Crippen molar-refractivity contribution >= 4 is 10.5 Å². The normalized spacial score (nSPS) is 12.1. The van der Waals surface area contributed by atoms with E-state index in [9.17, 15) is 0 Å². The van der Waals surface area contributed by atoms with Gasteiger partial charge in [-0.3, -0.25) is 0 Å². The highest BCUT2D eigenvalue weighted by atomic mass is 28.2. The van der Waals surface area contributed by atoms with E-state index in [1.165, 1.54) is 289 Å². The molecule has 0 saturated carbocycles. The molecule has 0 N–H and O–H groups in total. The zero-order valence-corrected chi connectivity index (χ0v) is 39.4. The van der Waals surface area contributed by atoms with Crippen molar-refractivity contribution in [1.82, 2.24) is 0 Å². The average molecular weight is 749 g/mol. The summed E-state index contributed by atoms with van der Waals surface area (Å²) in [7, 11) is 0.904. The molecular weight excluding hydrogens is 645 g/mol. The molecule has 0 aliphatic heterocycles. The third kappa shape index (κ3) is 39.9. The lowest BCUT2D eigenvalue weighted by Crippen LogP contribution is -2.27. The van der Waals surface area contributed by atoms with Crippen LogP contribution in [0.2, 0.25) is 0 Å². The first-order valence-corrected chi connectivity index (χ1v) is 26.0. The lowest BCUT2D eigenvalue weighted by Gasteiger charge is -2.34. The first-order chi connectivity index (χ1) is 25.7. The highest BCUT2D eigenvalue weighted by molar-refractivity contribution is 5.97. The maximum absolute atomic E-state index is 6.16. The summed E-state index contributed by atoms with van der Waals surface area (Å²) in [6.45, 7) is 8.02. The van der Waals surface area contributed by atoms with E-state index in [1.807, 2.05) is 0 Å². The van der Waals surface area contributed by atoms with Gasteiger partial charge in [-0.05, 0) is 24.7 Å². The molecule has 52 heavy (non-hydrogen) atoms. The molecule has 1 nitrogen and oxygen atoms in total. The highest BCUT2D eigenvalue weighted by Gasteiger charge is 2.28. The molecule has 0 aromatic carbocycles. The van der Waals surface area contributed by atoms with Gasteiger partial charge in [0.1, 0.15) is 10.5 Å². The molecule has 0 unspecified atom stereocenters. The molecule has 0 fully saturated rings. The topological polar surface area (TPSA) is 9.23 Å². The van der Waals surface area contributed by atoms with E-state index in [4.69, 9.17) is 4.43 Å². The number of hydrogen-bond acceptors (Lipinski definition) is 1. The maximum Gasteiger partial charge on any atom is 0.145 e. The Balaban J connectivity index is 4.32. The smallest absolute Gasteiger partial charge is 0.145 e. The van der Waals surface area contributed by atoms with Crippen molar-refractivity contribution < 1.29 is 4.43 Å². The van der Waals surface area contributed by atoms with Gasteiger partial charge in [0.2, 0.25) is 0 Å². The Bertz CT molecular complexity index is 541. The van der Waals surface area contributed by atoms with Crippen molar-refractivity contribution in [2.24, 2.45) is 5.41 Å². The van der Waals surface area contributed by atoms with E-state index in [1.54, 1.807) is 0 Å². The predicted octanol–water partition coefficient (Wildman–Crippen LogP) is 17.9. The maximum atomic E-state index is 6.16. The molecule has 314 valence electrons. The molecule has 0 spiro atoms. The van der Waals surface area contributed by atoms with Crippen LogP contribution in [-0.2, 0) is 4.43 Å². The molecule has 2 heteroatoms. The summed E-state index contributed by atoms with van der Waals surface area (Å²) >= 11 is 0. The molecule has 0 aliphatic rings. The molecular formula is C50H104OSi. The minimum atomic E-state index is 0.479. The lowest BCUT2D eigenvalue weighted by atomic mass is 9.74. The highest BCUT2D eigenvalue weighted by Crippen LogP contribution is 2.38. The Hall–Kier alpha value is 0.177. The Morgan fingerprint density at radius 1 is 0.250 bits per heavy atom. The van der Waals surface area contributed by atoms with Crippen LogP contribution in [-0.4, -0.2) is 17.1 Å². The summed E-state index contributed by atoms with van der Waals surface area (Å²) in [5, 5.41) is 0. The van der Waals surface area contributed by atoms with Crippen LogP contribution < -0.4 is 0 Å². The molecule has 0 saturated heterocycles. The van der Waals surface area contributed by atoms with E-state index in [0.29, 0.717) is 5.41 Å². The van der Waals surface area contributed by atoms with Crippen LogP contribution in [0, 0.1) is 5.41 Å². The van der Waals surface area contributed by atoms with E-state index >= 15 is 0 Å². The molecule has 0 atom stereocenters. The minimum Gasteiger partial charge on any atom is -0.427 e. The third-order valence-electron chi connectivity index (χ3n) is 12.6. The van der Waals surface area contributed by atoms with Gasteiger partial charge < -0.3 is 4.43 Å². The zero-order chi connectivity index (χ0) is 37.7. The van der Waals surface area contributed by atoms with Crippen LogP contribution in [0.1, 0.15) is 310 Å². The fraction of sp³-hybridized carbons (Fsp3) is 1.00. The van der Waals surface area contributed by atoms with Crippen LogP contribution >= 0.6 is 0 Å². The van der Waals surface area contributed by atoms with Crippen molar-refractivity contribution in [3.8, 4) is 0 Å². The van der Waals surface area contributed by atoms with Gasteiger partial charge in [-0.1, -0.05) is 290 Å². The van der Waals surface area contributed by atoms with Gasteiger partial charge in [-0.25, -0.2) is 0 Å². The van der Waals surface area contributed by atoms with E-state index in [2.05, 4.69) is 20.8 Å². The average Bonchev–Trinajstić information content (AvgIpc) is 3.15. The number of unbranched alkanes of at least 4 members (excludes halogenated alkanes) is 39. The monoisotopic (exact) mass is 749 g/mol. The SMILES string of the molecule is CCCCCCCCCCCCCCCCC(CCCCCCCCCCCCCCCC)(CCCCCCCCCCCCCCCC)CO[SiH3]. The largest absolute Gasteiger partial charge is 0.427 e. The van der Waals surface area contributed by atoms with Gasteiger partial charge in [0, 0.05) is 6.61 Å². The Kier molecular flexibility index (Phi) is 45.7. The fourth-order valence-electron chi connectivity index (χ4n) is 8.98. The van der Waals surface area contributed by atoms with E-state index in [0.717, 1.165) is 17.1 Å². The van der Waals surface area contributed by atoms with Crippen LogP contribution in [0.3, 0.4) is 0 Å². The van der Waals surface area contributed by atoms with Crippen molar-refractivity contribution in [3.05, 3.63) is 0 Å². The Morgan fingerprint density at radius 2 is 0.404 bits per heavy atom. The molecule has 0 rings (SSSR count). The Morgan fingerprint density at radius 3 is 0.558 bits per heavy atom. The fourth-order valence-corrected chi connectivity index (χ4v) is 9.59. The molecule has 0 radical (unpaired) electrons. The second-order valence-corrected chi connectivity index (χ2v) is 18.5. The summed E-state index contributed by atoms with van der Waals surface area (Å²) in [4.78, 5) is 0. The summed E-state index contributed by atoms with van der Waals surface area (Å²) in [6.07, 6.45) is 65.6. The standard InChI is InChI=1S/C50H104OSi/c1-4-7-10-13-16-19-22-25-28-31-34-37-40-43-46-50(49-51-52,47-44-41-38-35-32-29-26-23-20-17-14-11-8-5-2)48-45-42-39-36-33-30-27-24-21-18-15-12-9-6-3/h4-49H2,1-3,52H3. The zero-order valence-electron chi connectivity index (χ0n) is 37.4. The van der Waals surface area contributed by atoms with Crippen LogP contribution in [0.4, 0.5) is 0 Å². The van der Waals surface area contributed by atoms with Crippen molar-refractivity contribution in [2.75, 3.05) is 6.61 Å². The predicted molar refractivity (Wildman–Crippen MR) is 243 cm³/mol. The third-order valence-corrected chi connectivity index (χ3v) is 12.9. The molecule has 0 amide bonds. The molecule has 0 aromatic rings. The van der Waals surface area contributed by atoms with Gasteiger partial charge in [0.15, 0.2) is 0 Å². The second-order valence-electron chi connectivity index (χ2n) is 18.0. The summed E-state index contributed by atoms with van der Waals surface area (Å²) in [6, 6.07) is 0. The van der Waals surface area contributed by atoms with Crippen molar-refractivity contribution in [1.29, 1.82) is 0 Å². The lowest BCUT2D eigenvalue weighted by molar-refractivity contribution is 0.107. The number of rotatable bonds is 47. The van der Waals surface area contributed by atoms with Crippen molar-refractivity contribution in [2.45, 2.75) is 310 Å². The first kappa shape index (κ1) is 52.2. The molecule has 0 aromatic heterocycles. The van der Waals surface area contributed by atoms with Gasteiger partial charge in [0.05, 0.1) is 0 Å². The van der Waals surface area contributed by atoms with E-state index < -0.39 is 0 Å². The summed E-state index contributed by atoms with van der Waals surface area (Å²) in [5.74, 6) is 0. The summed E-state index contributed by atoms with van der Waals surface area (Å²) in [5.41, 5.74) is 0.479. The molecule has 0 aliphatic carbocycles. The second kappa shape index (κ2) is 45.6. The summed E-state index contributed by atoms with van der Waals surface area (Å²) < 4.78 is 6.16. The number of hydrogen-bond donors (Lipinski definition) is 0. The van der Waals surface area contributed by atoms with Gasteiger partial charge in [-0.15, -0.1) is 0 Å². The quantitative estimate of drug-likeness (QED) is 0.0445. The molecule has 0 heterocycles. The van der Waals surface area contributed by atoms with Crippen LogP contribution in [0.5, 0.6) is 0 Å². The van der Waals surface area contributed by atoms with Gasteiger partial charge >= 0.3 is 0 Å². The van der Waals surface area contributed by atoms with Gasteiger partial charge in [0.25, 0.3) is 0 Å². The first-order valence-electron chi connectivity index (χ1n) is 25.2. The van der Waals surface area contributed by atoms with Crippen molar-refractivity contribution in [3.63, 3.8) is 0 Å². The van der Waals surface area contributed by atoms with E-state index in [-0.39, 0.29) is 0 Å². The minimum absolute atomic E-state index is 0.479. The molecule has 0 bridgehead atoms. The van der Waals surface area contributed by atoms with Gasteiger partial charge in [-0.2, -0.15) is 0 Å². The van der Waals surface area contributed by atoms with Crippen LogP contribution in [0.25, 0.3) is 0 Å².